The average Bonchev–Trinajstić information content (AvgIpc) is 2.81. The molecule has 1 heterocycles. The van der Waals surface area contributed by atoms with Crippen LogP contribution >= 0.6 is 0 Å². The highest BCUT2D eigenvalue weighted by molar-refractivity contribution is 6.01. The standard InChI is InChI=1S/C15H21N3O3/c1-11(19)9-16-15(20)17-13-10-18(7-8-21-2)14-6-4-3-5-12(13)14/h3-6,10-11,19H,7-9H2,1-2H3,(H2,16,17,20)/t11-/m1/s1. The highest BCUT2D eigenvalue weighted by Gasteiger charge is 2.10. The zero-order chi connectivity index (χ0) is 15.2. The van der Waals surface area contributed by atoms with Crippen molar-refractivity contribution < 1.29 is 14.6 Å². The summed E-state index contributed by atoms with van der Waals surface area (Å²) >= 11 is 0. The molecule has 1 aromatic carbocycles. The number of amides is 2. The van der Waals surface area contributed by atoms with Gasteiger partial charge in [0.05, 0.1) is 23.9 Å². The first-order chi connectivity index (χ1) is 10.1. The number of benzene rings is 1. The predicted octanol–water partition coefficient (Wildman–Crippen LogP) is 1.79. The average molecular weight is 291 g/mol. The molecule has 0 aliphatic heterocycles. The van der Waals surface area contributed by atoms with E-state index in [1.807, 2.05) is 35.0 Å². The zero-order valence-corrected chi connectivity index (χ0v) is 12.3. The number of methoxy groups -OCH3 is 1. The van der Waals surface area contributed by atoms with Gasteiger partial charge in [0, 0.05) is 31.8 Å². The van der Waals surface area contributed by atoms with Gasteiger partial charge >= 0.3 is 6.03 Å². The number of anilines is 1. The molecule has 21 heavy (non-hydrogen) atoms. The number of hydrogen-bond donors (Lipinski definition) is 3. The lowest BCUT2D eigenvalue weighted by Gasteiger charge is -2.08. The summed E-state index contributed by atoms with van der Waals surface area (Å²) < 4.78 is 7.15. The second kappa shape index (κ2) is 7.10. The van der Waals surface area contributed by atoms with Crippen LogP contribution in [0.4, 0.5) is 10.5 Å². The van der Waals surface area contributed by atoms with Gasteiger partial charge in [-0.3, -0.25) is 0 Å². The van der Waals surface area contributed by atoms with E-state index in [1.165, 1.54) is 0 Å². The number of aliphatic hydroxyl groups is 1. The van der Waals surface area contributed by atoms with Crippen LogP contribution in [0, 0.1) is 0 Å². The Kier molecular flexibility index (Phi) is 5.19. The molecule has 0 saturated heterocycles. The van der Waals surface area contributed by atoms with Crippen LogP contribution in [0.1, 0.15) is 6.92 Å². The van der Waals surface area contributed by atoms with Gasteiger partial charge in [-0.15, -0.1) is 0 Å². The molecule has 6 heteroatoms. The second-order valence-corrected chi connectivity index (χ2v) is 4.93. The van der Waals surface area contributed by atoms with E-state index in [0.29, 0.717) is 13.2 Å². The highest BCUT2D eigenvalue weighted by atomic mass is 16.5. The fourth-order valence-corrected chi connectivity index (χ4v) is 2.13. The monoisotopic (exact) mass is 291 g/mol. The van der Waals surface area contributed by atoms with E-state index in [2.05, 4.69) is 10.6 Å². The minimum atomic E-state index is -0.571. The minimum absolute atomic E-state index is 0.216. The lowest BCUT2D eigenvalue weighted by Crippen LogP contribution is -2.34. The molecule has 2 amide bonds. The molecule has 0 unspecified atom stereocenters. The molecule has 3 N–H and O–H groups in total. The summed E-state index contributed by atoms with van der Waals surface area (Å²) in [6.07, 6.45) is 1.32. The Morgan fingerprint density at radius 2 is 2.19 bits per heavy atom. The summed E-state index contributed by atoms with van der Waals surface area (Å²) in [4.78, 5) is 11.8. The summed E-state index contributed by atoms with van der Waals surface area (Å²) in [7, 11) is 1.66. The molecule has 0 aliphatic rings. The van der Waals surface area contributed by atoms with Crippen molar-refractivity contribution in [3.63, 3.8) is 0 Å². The maximum absolute atomic E-state index is 11.8. The summed E-state index contributed by atoms with van der Waals surface area (Å²) in [6.45, 7) is 3.16. The zero-order valence-electron chi connectivity index (χ0n) is 12.3. The maximum atomic E-state index is 11.8. The largest absolute Gasteiger partial charge is 0.392 e. The van der Waals surface area contributed by atoms with Crippen LogP contribution in [-0.4, -0.2) is 42.1 Å². The number of carbonyl (C=O) groups is 1. The number of fused-ring (bicyclic) bond motifs is 1. The predicted molar refractivity (Wildman–Crippen MR) is 82.5 cm³/mol. The van der Waals surface area contributed by atoms with Crippen molar-refractivity contribution in [2.45, 2.75) is 19.6 Å². The molecule has 6 nitrogen and oxygen atoms in total. The molecule has 1 aromatic heterocycles. The van der Waals surface area contributed by atoms with Crippen LogP contribution in [0.2, 0.25) is 0 Å². The van der Waals surface area contributed by atoms with Crippen molar-refractivity contribution in [2.24, 2.45) is 0 Å². The van der Waals surface area contributed by atoms with Gasteiger partial charge in [-0.25, -0.2) is 4.79 Å². The molecule has 1 atom stereocenters. The van der Waals surface area contributed by atoms with Crippen molar-refractivity contribution in [1.82, 2.24) is 9.88 Å². The quantitative estimate of drug-likeness (QED) is 0.759. The summed E-state index contributed by atoms with van der Waals surface area (Å²) in [5.74, 6) is 0. The smallest absolute Gasteiger partial charge is 0.319 e. The fraction of sp³-hybridized carbons (Fsp3) is 0.400. The Bertz CT molecular complexity index is 607. The van der Waals surface area contributed by atoms with Crippen molar-refractivity contribution in [1.29, 1.82) is 0 Å². The molecule has 0 saturated carbocycles. The van der Waals surface area contributed by atoms with E-state index in [4.69, 9.17) is 4.74 Å². The summed E-state index contributed by atoms with van der Waals surface area (Å²) in [5, 5.41) is 15.6. The third-order valence-electron chi connectivity index (χ3n) is 3.13. The molecule has 2 rings (SSSR count). The van der Waals surface area contributed by atoms with Crippen LogP contribution in [0.25, 0.3) is 10.9 Å². The number of aromatic nitrogens is 1. The number of rotatable bonds is 6. The Hall–Kier alpha value is -2.05. The van der Waals surface area contributed by atoms with Crippen LogP contribution in [0.15, 0.2) is 30.5 Å². The van der Waals surface area contributed by atoms with E-state index >= 15 is 0 Å². The molecule has 0 radical (unpaired) electrons. The van der Waals surface area contributed by atoms with Gasteiger partial charge in [-0.1, -0.05) is 18.2 Å². The number of urea groups is 1. The van der Waals surface area contributed by atoms with Crippen molar-refractivity contribution in [2.75, 3.05) is 25.6 Å². The maximum Gasteiger partial charge on any atom is 0.319 e. The van der Waals surface area contributed by atoms with Crippen LogP contribution < -0.4 is 10.6 Å². The molecule has 0 fully saturated rings. The lowest BCUT2D eigenvalue weighted by atomic mass is 10.2. The molecule has 0 spiro atoms. The first-order valence-corrected chi connectivity index (χ1v) is 6.91. The van der Waals surface area contributed by atoms with Crippen molar-refractivity contribution in [3.05, 3.63) is 30.5 Å². The number of carbonyl (C=O) groups excluding carboxylic acids is 1. The van der Waals surface area contributed by atoms with E-state index < -0.39 is 6.10 Å². The Labute approximate surface area is 123 Å². The van der Waals surface area contributed by atoms with Gasteiger partial charge in [0.15, 0.2) is 0 Å². The third-order valence-corrected chi connectivity index (χ3v) is 3.13. The van der Waals surface area contributed by atoms with E-state index in [0.717, 1.165) is 16.6 Å². The van der Waals surface area contributed by atoms with E-state index in [1.54, 1.807) is 14.0 Å². The van der Waals surface area contributed by atoms with Gasteiger partial charge in [-0.05, 0) is 13.0 Å². The Morgan fingerprint density at radius 3 is 2.90 bits per heavy atom. The topological polar surface area (TPSA) is 75.5 Å². The molecular weight excluding hydrogens is 270 g/mol. The SMILES string of the molecule is COCCn1cc(NC(=O)NC[C@@H](C)O)c2ccccc21. The molecule has 0 aliphatic carbocycles. The van der Waals surface area contributed by atoms with Gasteiger partial charge in [-0.2, -0.15) is 0 Å². The number of aliphatic hydroxyl groups excluding tert-OH is 1. The van der Waals surface area contributed by atoms with Crippen molar-refractivity contribution in [3.8, 4) is 0 Å². The lowest BCUT2D eigenvalue weighted by molar-refractivity contribution is 0.188. The number of hydrogen-bond acceptors (Lipinski definition) is 3. The second-order valence-electron chi connectivity index (χ2n) is 4.93. The fourth-order valence-electron chi connectivity index (χ4n) is 2.13. The van der Waals surface area contributed by atoms with Gasteiger partial charge in [0.1, 0.15) is 0 Å². The molecule has 114 valence electrons. The third kappa shape index (κ3) is 3.96. The van der Waals surface area contributed by atoms with Gasteiger partial charge in [0.2, 0.25) is 0 Å². The summed E-state index contributed by atoms with van der Waals surface area (Å²) in [5.41, 5.74) is 1.78. The van der Waals surface area contributed by atoms with Crippen LogP contribution in [-0.2, 0) is 11.3 Å². The number of nitrogens with one attached hydrogen (secondary N) is 2. The van der Waals surface area contributed by atoms with E-state index in [9.17, 15) is 9.90 Å². The summed E-state index contributed by atoms with van der Waals surface area (Å²) in [6, 6.07) is 7.53. The van der Waals surface area contributed by atoms with Crippen LogP contribution in [0.5, 0.6) is 0 Å². The number of ether oxygens (including phenoxy) is 1. The van der Waals surface area contributed by atoms with Gasteiger partial charge in [0.25, 0.3) is 0 Å². The highest BCUT2D eigenvalue weighted by Crippen LogP contribution is 2.25. The molecular formula is C15H21N3O3. The number of nitrogens with zero attached hydrogens (tertiary/aromatic N) is 1. The Morgan fingerprint density at radius 1 is 1.43 bits per heavy atom. The molecule has 0 bridgehead atoms. The first kappa shape index (κ1) is 15.3. The normalized spacial score (nSPS) is 12.3. The van der Waals surface area contributed by atoms with Crippen LogP contribution in [0.3, 0.4) is 0 Å². The first-order valence-electron chi connectivity index (χ1n) is 6.91. The van der Waals surface area contributed by atoms with Crippen molar-refractivity contribution >= 4 is 22.6 Å². The van der Waals surface area contributed by atoms with E-state index in [-0.39, 0.29) is 12.6 Å². The van der Waals surface area contributed by atoms with Gasteiger partial charge < -0.3 is 25.0 Å². The Balaban J connectivity index is 2.17. The minimum Gasteiger partial charge on any atom is -0.392 e. The molecule has 2 aromatic rings. The number of para-hydroxylation sites is 1.